The Bertz CT molecular complexity index is 1200. The van der Waals surface area contributed by atoms with E-state index in [9.17, 15) is 4.79 Å². The molecule has 2 aromatic carbocycles. The minimum atomic E-state index is -0.245. The second kappa shape index (κ2) is 7.50. The first-order valence-electron chi connectivity index (χ1n) is 8.67. The Morgan fingerprint density at radius 2 is 1.82 bits per heavy atom. The van der Waals surface area contributed by atoms with Crippen molar-refractivity contribution in [3.05, 3.63) is 77.0 Å². The van der Waals surface area contributed by atoms with Crippen LogP contribution in [0.3, 0.4) is 0 Å². The number of nitrogens with two attached hydrogens (primary N) is 1. The van der Waals surface area contributed by atoms with Crippen LogP contribution in [0, 0.1) is 0 Å². The summed E-state index contributed by atoms with van der Waals surface area (Å²) < 4.78 is 11.3. The van der Waals surface area contributed by atoms with E-state index in [-0.39, 0.29) is 12.1 Å². The fourth-order valence-electron chi connectivity index (χ4n) is 3.02. The van der Waals surface area contributed by atoms with E-state index in [1.165, 1.54) is 0 Å². The molecule has 4 rings (SSSR count). The molecule has 2 aromatic heterocycles. The Morgan fingerprint density at radius 3 is 2.61 bits per heavy atom. The molecule has 0 aliphatic carbocycles. The van der Waals surface area contributed by atoms with Gasteiger partial charge in [0.25, 0.3) is 5.56 Å². The molecular weight excluding hydrogens is 356 g/mol. The number of benzene rings is 2. The van der Waals surface area contributed by atoms with Gasteiger partial charge in [-0.2, -0.15) is 5.10 Å². The number of nitrogens with one attached hydrogen (secondary N) is 1. The van der Waals surface area contributed by atoms with Crippen LogP contribution in [0.15, 0.2) is 65.7 Å². The first-order chi connectivity index (χ1) is 13.7. The number of hydrogen-bond acceptors (Lipinski definition) is 6. The maximum Gasteiger partial charge on any atom is 0.272 e. The van der Waals surface area contributed by atoms with Gasteiger partial charge in [-0.25, -0.2) is 5.10 Å². The highest BCUT2D eigenvalue weighted by molar-refractivity contribution is 5.88. The number of aromatic amines is 1. The second-order valence-electron chi connectivity index (χ2n) is 6.13. The molecule has 0 saturated carbocycles. The molecule has 7 heteroatoms. The third-order valence-corrected chi connectivity index (χ3v) is 4.40. The van der Waals surface area contributed by atoms with E-state index in [0.29, 0.717) is 28.3 Å². The summed E-state index contributed by atoms with van der Waals surface area (Å²) in [5.41, 5.74) is 7.88. The van der Waals surface area contributed by atoms with Crippen LogP contribution in [0.4, 0.5) is 0 Å². The highest BCUT2D eigenvalue weighted by Crippen LogP contribution is 2.32. The number of nitrogens with zero attached hydrogens (tertiary/aromatic N) is 2. The Hall–Kier alpha value is -3.71. The zero-order valence-electron chi connectivity index (χ0n) is 15.2. The van der Waals surface area contributed by atoms with Gasteiger partial charge in [-0.05, 0) is 35.9 Å². The van der Waals surface area contributed by atoms with E-state index in [0.717, 1.165) is 16.5 Å². The molecule has 2 heterocycles. The normalized spacial score (nSPS) is 10.8. The number of ether oxygens (including phenoxy) is 2. The monoisotopic (exact) mass is 374 g/mol. The zero-order chi connectivity index (χ0) is 19.5. The molecule has 4 aromatic rings. The quantitative estimate of drug-likeness (QED) is 0.556. The molecule has 0 aliphatic heterocycles. The van der Waals surface area contributed by atoms with Gasteiger partial charge in [0.15, 0.2) is 11.5 Å². The molecular formula is C21H18N4O3. The van der Waals surface area contributed by atoms with Gasteiger partial charge in [0.05, 0.1) is 24.4 Å². The SMILES string of the molecule is COc1ccccc1Oc1cncc(-c2ccc3c(=O)[nH]nc(CN)c3c2)c1. The highest BCUT2D eigenvalue weighted by atomic mass is 16.5. The molecule has 7 nitrogen and oxygen atoms in total. The van der Waals surface area contributed by atoms with Crippen molar-refractivity contribution in [2.24, 2.45) is 5.73 Å². The number of pyridine rings is 1. The molecule has 28 heavy (non-hydrogen) atoms. The maximum absolute atomic E-state index is 12.0. The summed E-state index contributed by atoms with van der Waals surface area (Å²) in [7, 11) is 1.59. The van der Waals surface area contributed by atoms with E-state index in [4.69, 9.17) is 15.2 Å². The molecule has 0 spiro atoms. The van der Waals surface area contributed by atoms with Crippen molar-refractivity contribution < 1.29 is 9.47 Å². The molecule has 0 aliphatic rings. The number of aromatic nitrogens is 3. The van der Waals surface area contributed by atoms with Crippen LogP contribution in [0.2, 0.25) is 0 Å². The summed E-state index contributed by atoms with van der Waals surface area (Å²) in [4.78, 5) is 16.3. The van der Waals surface area contributed by atoms with Crippen molar-refractivity contribution in [3.8, 4) is 28.4 Å². The largest absolute Gasteiger partial charge is 0.493 e. The number of hydrogen-bond donors (Lipinski definition) is 2. The average Bonchev–Trinajstić information content (AvgIpc) is 2.74. The smallest absolute Gasteiger partial charge is 0.272 e. The fourth-order valence-corrected chi connectivity index (χ4v) is 3.02. The number of fused-ring (bicyclic) bond motifs is 1. The van der Waals surface area contributed by atoms with Crippen LogP contribution in [0.1, 0.15) is 5.69 Å². The Kier molecular flexibility index (Phi) is 4.74. The summed E-state index contributed by atoms with van der Waals surface area (Å²) in [6.45, 7) is 0.228. The summed E-state index contributed by atoms with van der Waals surface area (Å²) in [6.07, 6.45) is 3.37. The predicted molar refractivity (Wildman–Crippen MR) is 107 cm³/mol. The van der Waals surface area contributed by atoms with Crippen molar-refractivity contribution in [2.45, 2.75) is 6.54 Å². The fraction of sp³-hybridized carbons (Fsp3) is 0.0952. The van der Waals surface area contributed by atoms with Crippen LogP contribution in [-0.4, -0.2) is 22.3 Å². The van der Waals surface area contributed by atoms with Crippen molar-refractivity contribution >= 4 is 10.8 Å². The highest BCUT2D eigenvalue weighted by Gasteiger charge is 2.10. The van der Waals surface area contributed by atoms with Crippen LogP contribution >= 0.6 is 0 Å². The van der Waals surface area contributed by atoms with Gasteiger partial charge in [-0.1, -0.05) is 18.2 Å². The standard InChI is InChI=1S/C21H18N4O3/c1-27-19-4-2-3-5-20(19)28-15-8-14(11-23-12-15)13-6-7-16-17(9-13)18(10-22)24-25-21(16)26/h2-9,11-12H,10,22H2,1H3,(H,25,26). The lowest BCUT2D eigenvalue weighted by atomic mass is 10.0. The van der Waals surface area contributed by atoms with Gasteiger partial charge in [0.2, 0.25) is 0 Å². The van der Waals surface area contributed by atoms with Crippen LogP contribution < -0.4 is 20.8 Å². The summed E-state index contributed by atoms with van der Waals surface area (Å²) in [5.74, 6) is 1.81. The van der Waals surface area contributed by atoms with Gasteiger partial charge in [-0.15, -0.1) is 0 Å². The molecule has 0 saturated heterocycles. The van der Waals surface area contributed by atoms with Gasteiger partial charge in [0.1, 0.15) is 5.75 Å². The van der Waals surface area contributed by atoms with Crippen molar-refractivity contribution in [3.63, 3.8) is 0 Å². The van der Waals surface area contributed by atoms with Crippen molar-refractivity contribution in [2.75, 3.05) is 7.11 Å². The van der Waals surface area contributed by atoms with Crippen LogP contribution in [-0.2, 0) is 6.54 Å². The molecule has 0 fully saturated rings. The summed E-state index contributed by atoms with van der Waals surface area (Å²) >= 11 is 0. The van der Waals surface area contributed by atoms with Gasteiger partial charge < -0.3 is 15.2 Å². The van der Waals surface area contributed by atoms with Crippen LogP contribution in [0.25, 0.3) is 21.9 Å². The lowest BCUT2D eigenvalue weighted by molar-refractivity contribution is 0.378. The van der Waals surface area contributed by atoms with Crippen molar-refractivity contribution in [1.82, 2.24) is 15.2 Å². The van der Waals surface area contributed by atoms with Gasteiger partial charge in [-0.3, -0.25) is 9.78 Å². The van der Waals surface area contributed by atoms with Crippen molar-refractivity contribution in [1.29, 1.82) is 0 Å². The Balaban J connectivity index is 1.74. The predicted octanol–water partition coefficient (Wildman–Crippen LogP) is 3.24. The third kappa shape index (κ3) is 3.30. The topological polar surface area (TPSA) is 103 Å². The molecule has 3 N–H and O–H groups in total. The Morgan fingerprint density at radius 1 is 1.00 bits per heavy atom. The lowest BCUT2D eigenvalue weighted by Gasteiger charge is -2.11. The summed E-state index contributed by atoms with van der Waals surface area (Å²) in [5, 5.41) is 7.78. The molecule has 0 radical (unpaired) electrons. The Labute approximate surface area is 160 Å². The van der Waals surface area contributed by atoms with E-state index in [2.05, 4.69) is 15.2 Å². The maximum atomic E-state index is 12.0. The minimum Gasteiger partial charge on any atom is -0.493 e. The first kappa shape index (κ1) is 17.7. The molecule has 0 atom stereocenters. The molecule has 0 amide bonds. The molecule has 140 valence electrons. The third-order valence-electron chi connectivity index (χ3n) is 4.40. The number of methoxy groups -OCH3 is 1. The average molecular weight is 374 g/mol. The van der Waals surface area contributed by atoms with E-state index >= 15 is 0 Å². The number of para-hydroxylation sites is 2. The number of H-pyrrole nitrogens is 1. The first-order valence-corrected chi connectivity index (χ1v) is 8.67. The zero-order valence-corrected chi connectivity index (χ0v) is 15.2. The van der Waals surface area contributed by atoms with E-state index < -0.39 is 0 Å². The second-order valence-corrected chi connectivity index (χ2v) is 6.13. The van der Waals surface area contributed by atoms with E-state index in [1.54, 1.807) is 25.6 Å². The molecule has 0 unspecified atom stereocenters. The van der Waals surface area contributed by atoms with E-state index in [1.807, 2.05) is 42.5 Å². The minimum absolute atomic E-state index is 0.228. The van der Waals surface area contributed by atoms with Gasteiger partial charge >= 0.3 is 0 Å². The lowest BCUT2D eigenvalue weighted by Crippen LogP contribution is -2.13. The number of rotatable bonds is 5. The van der Waals surface area contributed by atoms with Crippen LogP contribution in [0.5, 0.6) is 17.2 Å². The summed E-state index contributed by atoms with van der Waals surface area (Å²) in [6, 6.07) is 14.8. The molecule has 0 bridgehead atoms. The van der Waals surface area contributed by atoms with Gasteiger partial charge in [0, 0.05) is 23.7 Å².